The molecule has 3 N–H and O–H groups in total. The van der Waals surface area contributed by atoms with Crippen LogP contribution in [0.3, 0.4) is 0 Å². The van der Waals surface area contributed by atoms with Crippen molar-refractivity contribution in [2.75, 3.05) is 23.3 Å². The van der Waals surface area contributed by atoms with Gasteiger partial charge in [0.1, 0.15) is 17.5 Å². The second kappa shape index (κ2) is 10.0. The smallest absolute Gasteiger partial charge is 0.404 e. The molecule has 1 saturated heterocycles. The summed E-state index contributed by atoms with van der Waals surface area (Å²) in [6, 6.07) is 9.25. The Kier molecular flexibility index (Phi) is 6.90. The number of amides is 1. The fraction of sp³-hybridized carbons (Fsp3) is 0.280. The predicted octanol–water partition coefficient (Wildman–Crippen LogP) is 5.26. The van der Waals surface area contributed by atoms with Crippen molar-refractivity contribution in [2.45, 2.75) is 25.9 Å². The highest BCUT2D eigenvalue weighted by molar-refractivity contribution is 5.70. The van der Waals surface area contributed by atoms with E-state index in [0.717, 1.165) is 30.8 Å². The summed E-state index contributed by atoms with van der Waals surface area (Å²) in [7, 11) is 0. The van der Waals surface area contributed by atoms with Crippen molar-refractivity contribution in [3.63, 3.8) is 0 Å². The van der Waals surface area contributed by atoms with Crippen LogP contribution < -0.4 is 15.5 Å². The molecule has 0 radical (unpaired) electrons. The number of anilines is 2. The molecular formula is C25H25F3N4O2. The van der Waals surface area contributed by atoms with E-state index in [2.05, 4.69) is 27.4 Å². The van der Waals surface area contributed by atoms with E-state index in [1.807, 2.05) is 6.07 Å². The minimum absolute atomic E-state index is 0.145. The van der Waals surface area contributed by atoms with Crippen LogP contribution in [0.1, 0.15) is 18.9 Å². The van der Waals surface area contributed by atoms with Gasteiger partial charge in [-0.25, -0.2) is 18.0 Å². The molecule has 6 nitrogen and oxygen atoms in total. The molecule has 0 aliphatic carbocycles. The van der Waals surface area contributed by atoms with Crippen LogP contribution in [-0.2, 0) is 6.54 Å². The molecular weight excluding hydrogens is 445 g/mol. The molecule has 1 aromatic heterocycles. The van der Waals surface area contributed by atoms with Gasteiger partial charge in [0.2, 0.25) is 0 Å². The molecule has 34 heavy (non-hydrogen) atoms. The Morgan fingerprint density at radius 1 is 1.12 bits per heavy atom. The van der Waals surface area contributed by atoms with E-state index >= 15 is 0 Å². The van der Waals surface area contributed by atoms with Crippen LogP contribution in [0.2, 0.25) is 0 Å². The first-order valence-corrected chi connectivity index (χ1v) is 11.0. The standard InChI is InChI=1S/C25H25F3N4O2/c1-15-9-17(31-25(33)34)14-32(13-15)23-7-8-29-12-22(23)30-11-16-5-6-19(26)18(10-16)24-20(27)3-2-4-21(24)28/h2-8,10,12,15,17,30-31H,9,11,13-14H2,1H3,(H,33,34)/t15-,17+/m1/s1. The fourth-order valence-electron chi connectivity index (χ4n) is 4.45. The number of carboxylic acid groups (broad SMARTS) is 1. The Morgan fingerprint density at radius 3 is 2.62 bits per heavy atom. The van der Waals surface area contributed by atoms with Crippen molar-refractivity contribution in [2.24, 2.45) is 5.92 Å². The molecule has 1 aliphatic rings. The van der Waals surface area contributed by atoms with E-state index < -0.39 is 29.1 Å². The molecule has 0 bridgehead atoms. The quantitative estimate of drug-likeness (QED) is 0.458. The zero-order chi connectivity index (χ0) is 24.2. The summed E-state index contributed by atoms with van der Waals surface area (Å²) in [5, 5.41) is 14.9. The zero-order valence-electron chi connectivity index (χ0n) is 18.6. The minimum atomic E-state index is -1.05. The summed E-state index contributed by atoms with van der Waals surface area (Å²) >= 11 is 0. The number of nitrogens with zero attached hydrogens (tertiary/aromatic N) is 2. The Balaban J connectivity index is 1.55. The summed E-state index contributed by atoms with van der Waals surface area (Å²) in [4.78, 5) is 17.4. The van der Waals surface area contributed by atoms with Crippen LogP contribution in [-0.4, -0.2) is 35.3 Å². The molecule has 1 fully saturated rings. The monoisotopic (exact) mass is 470 g/mol. The number of carbonyl (C=O) groups is 1. The molecule has 1 amide bonds. The predicted molar refractivity (Wildman–Crippen MR) is 124 cm³/mol. The number of hydrogen-bond donors (Lipinski definition) is 3. The SMILES string of the molecule is C[C@@H]1C[C@H](NC(=O)O)CN(c2ccncc2NCc2ccc(F)c(-c3c(F)cccc3F)c2)C1. The van der Waals surface area contributed by atoms with Crippen molar-refractivity contribution in [3.8, 4) is 11.1 Å². The van der Waals surface area contributed by atoms with Crippen molar-refractivity contribution in [1.82, 2.24) is 10.3 Å². The number of pyridine rings is 1. The molecule has 178 valence electrons. The third-order valence-corrected chi connectivity index (χ3v) is 5.87. The summed E-state index contributed by atoms with van der Waals surface area (Å²) in [6.45, 7) is 3.60. The zero-order valence-corrected chi connectivity index (χ0v) is 18.6. The van der Waals surface area contributed by atoms with Gasteiger partial charge in [-0.2, -0.15) is 0 Å². The number of halogens is 3. The average Bonchev–Trinajstić information content (AvgIpc) is 2.78. The van der Waals surface area contributed by atoms with Crippen molar-refractivity contribution >= 4 is 17.5 Å². The maximum absolute atomic E-state index is 14.4. The Morgan fingerprint density at radius 2 is 1.88 bits per heavy atom. The third kappa shape index (κ3) is 5.24. The first-order chi connectivity index (χ1) is 16.3. The van der Waals surface area contributed by atoms with Crippen LogP contribution in [0.25, 0.3) is 11.1 Å². The second-order valence-corrected chi connectivity index (χ2v) is 8.55. The van der Waals surface area contributed by atoms with Gasteiger partial charge >= 0.3 is 6.09 Å². The summed E-state index contributed by atoms with van der Waals surface area (Å²) < 4.78 is 42.9. The van der Waals surface area contributed by atoms with Gasteiger partial charge in [0.05, 0.1) is 23.1 Å². The summed E-state index contributed by atoms with van der Waals surface area (Å²) in [5.74, 6) is -2.10. The van der Waals surface area contributed by atoms with E-state index in [-0.39, 0.29) is 24.1 Å². The van der Waals surface area contributed by atoms with E-state index in [4.69, 9.17) is 5.11 Å². The highest BCUT2D eigenvalue weighted by Crippen LogP contribution is 2.32. The maximum Gasteiger partial charge on any atom is 0.404 e. The van der Waals surface area contributed by atoms with Crippen LogP contribution in [0.15, 0.2) is 54.9 Å². The van der Waals surface area contributed by atoms with Gasteiger partial charge in [0, 0.05) is 37.4 Å². The molecule has 9 heteroatoms. The van der Waals surface area contributed by atoms with Gasteiger partial charge in [-0.15, -0.1) is 0 Å². The summed E-state index contributed by atoms with van der Waals surface area (Å²) in [5.41, 5.74) is 1.66. The van der Waals surface area contributed by atoms with Gasteiger partial charge in [0.15, 0.2) is 0 Å². The van der Waals surface area contributed by atoms with Crippen molar-refractivity contribution in [3.05, 3.63) is 77.9 Å². The fourth-order valence-corrected chi connectivity index (χ4v) is 4.45. The van der Waals surface area contributed by atoms with Gasteiger partial charge in [-0.3, -0.25) is 4.98 Å². The molecule has 0 unspecified atom stereocenters. The Hall–Kier alpha value is -3.75. The van der Waals surface area contributed by atoms with Crippen molar-refractivity contribution < 1.29 is 23.1 Å². The largest absolute Gasteiger partial charge is 0.465 e. The first kappa shape index (κ1) is 23.4. The number of nitrogens with one attached hydrogen (secondary N) is 2. The summed E-state index contributed by atoms with van der Waals surface area (Å²) in [6.07, 6.45) is 3.03. The molecule has 0 saturated carbocycles. The highest BCUT2D eigenvalue weighted by atomic mass is 19.1. The molecule has 3 aromatic rings. The van der Waals surface area contributed by atoms with Gasteiger partial charge in [-0.05, 0) is 48.2 Å². The van der Waals surface area contributed by atoms with Crippen LogP contribution in [0.4, 0.5) is 29.3 Å². The Labute approximate surface area is 195 Å². The van der Waals surface area contributed by atoms with Gasteiger partial charge < -0.3 is 20.6 Å². The number of hydrogen-bond acceptors (Lipinski definition) is 4. The van der Waals surface area contributed by atoms with E-state index in [9.17, 15) is 18.0 Å². The highest BCUT2D eigenvalue weighted by Gasteiger charge is 2.27. The third-order valence-electron chi connectivity index (χ3n) is 5.87. The Bertz CT molecular complexity index is 1170. The van der Waals surface area contributed by atoms with E-state index in [1.165, 1.54) is 18.2 Å². The maximum atomic E-state index is 14.4. The second-order valence-electron chi connectivity index (χ2n) is 8.55. The number of piperidine rings is 1. The molecule has 2 aromatic carbocycles. The van der Waals surface area contributed by atoms with Crippen molar-refractivity contribution in [1.29, 1.82) is 0 Å². The normalized spacial score (nSPS) is 17.9. The van der Waals surface area contributed by atoms with Crippen LogP contribution >= 0.6 is 0 Å². The average molecular weight is 470 g/mol. The lowest BCUT2D eigenvalue weighted by Gasteiger charge is -2.38. The van der Waals surface area contributed by atoms with E-state index in [0.29, 0.717) is 17.8 Å². The molecule has 1 aliphatic heterocycles. The lowest BCUT2D eigenvalue weighted by molar-refractivity contribution is 0.186. The minimum Gasteiger partial charge on any atom is -0.465 e. The molecule has 0 spiro atoms. The first-order valence-electron chi connectivity index (χ1n) is 11.0. The number of aromatic nitrogens is 1. The van der Waals surface area contributed by atoms with Crippen LogP contribution in [0, 0.1) is 23.4 Å². The molecule has 2 heterocycles. The van der Waals surface area contributed by atoms with Gasteiger partial charge in [-0.1, -0.05) is 19.1 Å². The number of benzene rings is 2. The van der Waals surface area contributed by atoms with Crippen LogP contribution in [0.5, 0.6) is 0 Å². The lowest BCUT2D eigenvalue weighted by atomic mass is 9.95. The molecule has 4 rings (SSSR count). The topological polar surface area (TPSA) is 77.5 Å². The van der Waals surface area contributed by atoms with Gasteiger partial charge in [0.25, 0.3) is 0 Å². The lowest BCUT2D eigenvalue weighted by Crippen LogP contribution is -2.50. The van der Waals surface area contributed by atoms with E-state index in [1.54, 1.807) is 18.5 Å². The number of rotatable bonds is 6. The molecule has 2 atom stereocenters.